The molecule has 3 aliphatic heterocycles. The summed E-state index contributed by atoms with van der Waals surface area (Å²) in [5.41, 5.74) is 13.6. The highest BCUT2D eigenvalue weighted by Gasteiger charge is 2.48. The van der Waals surface area contributed by atoms with E-state index in [9.17, 15) is 34.5 Å². The van der Waals surface area contributed by atoms with Crippen molar-refractivity contribution in [2.24, 2.45) is 35.1 Å². The second-order valence-electron chi connectivity index (χ2n) is 18.8. The van der Waals surface area contributed by atoms with Crippen molar-refractivity contribution in [2.45, 2.75) is 185 Å². The molecule has 0 spiro atoms. The van der Waals surface area contributed by atoms with Crippen molar-refractivity contribution in [1.82, 2.24) is 4.90 Å². The highest BCUT2D eigenvalue weighted by molar-refractivity contribution is 6.38. The van der Waals surface area contributed by atoms with E-state index in [1.54, 1.807) is 21.0 Å². The molecule has 3 fully saturated rings. The van der Waals surface area contributed by atoms with Crippen LogP contribution in [0.5, 0.6) is 0 Å². The number of hydrogen-bond acceptors (Lipinski definition) is 12. The van der Waals surface area contributed by atoms with Gasteiger partial charge >= 0.3 is 6.09 Å². The van der Waals surface area contributed by atoms with E-state index in [0.717, 1.165) is 24.8 Å². The number of ether oxygens (including phenoxy) is 4. The SMILES string of the molecule is CO[C@H]1CC2CCC[C@@](O)(O2)C(=O)C(=O)N2CCCC[C@H]2CO[C@H]([C@H](N)CC2CCC(OC(N)=O)CC2)CC[C@H](C)/C=C(\C)[C@@H](O)[C@@H](O)C(=O)C(C)C[C@H](C)/C=C/C=CC=C1C. The Labute approximate surface area is 369 Å². The van der Waals surface area contributed by atoms with Gasteiger partial charge in [0.15, 0.2) is 5.78 Å². The fraction of sp³-hybridized carbons (Fsp3) is 0.750. The maximum atomic E-state index is 14.0. The predicted octanol–water partition coefficient (Wildman–Crippen LogP) is 5.74. The number of Topliss-reactive ketones (excluding diaryl/α,β-unsaturated/α-hetero) is 2. The van der Waals surface area contributed by atoms with Crippen molar-refractivity contribution in [3.8, 4) is 0 Å². The third-order valence-corrected chi connectivity index (χ3v) is 13.5. The van der Waals surface area contributed by atoms with Crippen LogP contribution in [0.25, 0.3) is 0 Å². The summed E-state index contributed by atoms with van der Waals surface area (Å²) >= 11 is 0. The monoisotopic (exact) mass is 872 g/mol. The molecule has 1 saturated carbocycles. The number of carbonyl (C=O) groups excluding carboxylic acids is 4. The van der Waals surface area contributed by atoms with Crippen LogP contribution in [-0.2, 0) is 33.3 Å². The molecular formula is C48H77N3O11. The van der Waals surface area contributed by atoms with Crippen LogP contribution in [-0.4, -0.2) is 119 Å². The number of aliphatic hydroxyl groups is 3. The van der Waals surface area contributed by atoms with Gasteiger partial charge in [0, 0.05) is 38.5 Å². The number of aliphatic hydroxyl groups excluding tert-OH is 2. The number of primary amides is 1. The van der Waals surface area contributed by atoms with Crippen LogP contribution >= 0.6 is 0 Å². The van der Waals surface area contributed by atoms with Crippen molar-refractivity contribution >= 4 is 23.6 Å². The number of amides is 2. The molecule has 0 aromatic carbocycles. The van der Waals surface area contributed by atoms with E-state index >= 15 is 0 Å². The molecule has 2 amide bonds. The number of allylic oxidation sites excluding steroid dienone is 6. The second kappa shape index (κ2) is 24.7. The Morgan fingerprint density at radius 1 is 0.903 bits per heavy atom. The van der Waals surface area contributed by atoms with Crippen molar-refractivity contribution in [3.63, 3.8) is 0 Å². The molecule has 1 aliphatic carbocycles. The molecule has 350 valence electrons. The van der Waals surface area contributed by atoms with E-state index in [4.69, 9.17) is 30.4 Å². The minimum atomic E-state index is -2.25. The predicted molar refractivity (Wildman–Crippen MR) is 236 cm³/mol. The first-order valence-electron chi connectivity index (χ1n) is 23.1. The summed E-state index contributed by atoms with van der Waals surface area (Å²) in [6.07, 6.45) is 15.3. The summed E-state index contributed by atoms with van der Waals surface area (Å²) in [4.78, 5) is 54.1. The van der Waals surface area contributed by atoms with E-state index in [0.29, 0.717) is 82.7 Å². The van der Waals surface area contributed by atoms with Crippen molar-refractivity contribution in [2.75, 3.05) is 20.3 Å². The van der Waals surface area contributed by atoms with Gasteiger partial charge < -0.3 is 50.6 Å². The number of hydrogen-bond donors (Lipinski definition) is 5. The first-order valence-corrected chi connectivity index (χ1v) is 23.1. The molecule has 14 heteroatoms. The molecule has 14 nitrogen and oxygen atoms in total. The highest BCUT2D eigenvalue weighted by Crippen LogP contribution is 2.34. The van der Waals surface area contributed by atoms with Gasteiger partial charge in [0.05, 0.1) is 31.0 Å². The largest absolute Gasteiger partial charge is 0.446 e. The molecule has 2 bridgehead atoms. The number of fused-ring (bicyclic) bond motifs is 3. The molecule has 0 radical (unpaired) electrons. The number of piperidine rings is 1. The van der Waals surface area contributed by atoms with Crippen LogP contribution in [0, 0.1) is 23.7 Å². The zero-order valence-corrected chi connectivity index (χ0v) is 38.1. The number of nitrogens with zero attached hydrogens (tertiary/aromatic N) is 1. The highest BCUT2D eigenvalue weighted by atomic mass is 16.6. The lowest BCUT2D eigenvalue weighted by Crippen LogP contribution is -2.57. The van der Waals surface area contributed by atoms with Gasteiger partial charge in [0.1, 0.15) is 18.3 Å². The maximum Gasteiger partial charge on any atom is 0.404 e. The van der Waals surface area contributed by atoms with Crippen molar-refractivity contribution < 1.29 is 53.4 Å². The first-order chi connectivity index (χ1) is 29.4. The van der Waals surface area contributed by atoms with Crippen LogP contribution < -0.4 is 11.5 Å². The minimum absolute atomic E-state index is 0.0194. The zero-order chi connectivity index (χ0) is 45.6. The smallest absolute Gasteiger partial charge is 0.404 e. The number of nitrogens with two attached hydrogens (primary N) is 2. The Morgan fingerprint density at radius 2 is 1.63 bits per heavy atom. The average Bonchev–Trinajstić information content (AvgIpc) is 3.24. The van der Waals surface area contributed by atoms with Crippen LogP contribution in [0.4, 0.5) is 4.79 Å². The quantitative estimate of drug-likeness (QED) is 0.165. The van der Waals surface area contributed by atoms with Crippen LogP contribution in [0.15, 0.2) is 47.6 Å². The number of ketones is 2. The Hall–Kier alpha value is -3.24. The molecule has 0 aromatic rings. The summed E-state index contributed by atoms with van der Waals surface area (Å²) in [5.74, 6) is -4.64. The van der Waals surface area contributed by atoms with Gasteiger partial charge in [0.2, 0.25) is 5.79 Å². The third-order valence-electron chi connectivity index (χ3n) is 13.5. The Kier molecular flexibility index (Phi) is 20.5. The standard InChI is InChI=1S/C48H77N3O11/c1-30-13-8-7-9-14-32(3)41(59-6)28-38-16-12-23-48(58,62-38)45(55)46(56)51-24-11-10-15-36(51)29-60-40(39(49)27-35-18-20-37(21-19-35)61-47(50)57)22-17-31(2)26-34(5)43(53)44(54)42(52)33(4)25-30/h7-9,13-14,26,30-31,33,35-41,43-44,53-54,58H,10-12,15-25,27-29,49H2,1-6H3,(H2,50,57)/b9-7?,13-8+,32-14?,34-26+/t30-,31+,33?,35?,36+,37?,38?,39-,40+,41+,43-,44+,48-/m1/s1. The van der Waals surface area contributed by atoms with E-state index in [2.05, 4.69) is 0 Å². The van der Waals surface area contributed by atoms with Gasteiger partial charge in [-0.1, -0.05) is 57.2 Å². The van der Waals surface area contributed by atoms with Crippen LogP contribution in [0.3, 0.4) is 0 Å². The molecule has 4 rings (SSSR count). The normalized spacial score (nSPS) is 37.9. The van der Waals surface area contributed by atoms with Gasteiger partial charge in [0.25, 0.3) is 11.7 Å². The van der Waals surface area contributed by atoms with Crippen LogP contribution in [0.1, 0.15) is 131 Å². The molecule has 62 heavy (non-hydrogen) atoms. The second-order valence-corrected chi connectivity index (χ2v) is 18.8. The number of rotatable bonds is 5. The summed E-state index contributed by atoms with van der Waals surface area (Å²) in [7, 11) is 1.60. The Bertz CT molecular complexity index is 1610. The van der Waals surface area contributed by atoms with Crippen LogP contribution in [0.2, 0.25) is 0 Å². The summed E-state index contributed by atoms with van der Waals surface area (Å²) in [6.45, 7) is 9.92. The lowest BCUT2D eigenvalue weighted by atomic mass is 9.82. The zero-order valence-electron chi connectivity index (χ0n) is 38.1. The van der Waals surface area contributed by atoms with E-state index in [1.165, 1.54) is 4.90 Å². The summed E-state index contributed by atoms with van der Waals surface area (Å²) < 4.78 is 23.8. The molecular weight excluding hydrogens is 795 g/mol. The molecule has 11 atom stereocenters. The van der Waals surface area contributed by atoms with Gasteiger partial charge in [-0.25, -0.2) is 4.79 Å². The molecule has 4 aliphatic rings. The van der Waals surface area contributed by atoms with Crippen molar-refractivity contribution in [3.05, 3.63) is 47.6 Å². The van der Waals surface area contributed by atoms with Gasteiger partial charge in [-0.15, -0.1) is 0 Å². The van der Waals surface area contributed by atoms with Gasteiger partial charge in [-0.3, -0.25) is 14.4 Å². The molecule has 2 saturated heterocycles. The van der Waals surface area contributed by atoms with E-state index < -0.39 is 65.7 Å². The summed E-state index contributed by atoms with van der Waals surface area (Å²) in [6, 6.07) is -0.782. The van der Waals surface area contributed by atoms with E-state index in [-0.39, 0.29) is 49.0 Å². The molecule has 7 N–H and O–H groups in total. The Morgan fingerprint density at radius 3 is 2.32 bits per heavy atom. The lowest BCUT2D eigenvalue weighted by Gasteiger charge is -2.40. The minimum Gasteiger partial charge on any atom is -0.446 e. The fourth-order valence-electron chi connectivity index (χ4n) is 9.72. The number of methoxy groups -OCH3 is 1. The maximum absolute atomic E-state index is 14.0. The van der Waals surface area contributed by atoms with Gasteiger partial charge in [-0.2, -0.15) is 0 Å². The van der Waals surface area contributed by atoms with Gasteiger partial charge in [-0.05, 0) is 126 Å². The topological polar surface area (TPSA) is 221 Å². The Balaban J connectivity index is 1.59. The average molecular weight is 872 g/mol. The first kappa shape index (κ1) is 51.4. The molecule has 0 aromatic heterocycles. The molecule has 2 unspecified atom stereocenters. The lowest BCUT2D eigenvalue weighted by molar-refractivity contribution is -0.245. The molecule has 3 heterocycles. The van der Waals surface area contributed by atoms with E-state index in [1.807, 2.05) is 57.2 Å². The van der Waals surface area contributed by atoms with Crippen molar-refractivity contribution in [1.29, 1.82) is 0 Å². The summed E-state index contributed by atoms with van der Waals surface area (Å²) in [5, 5.41) is 33.8. The fourth-order valence-corrected chi connectivity index (χ4v) is 9.72. The number of carbonyl (C=O) groups is 4. The third kappa shape index (κ3) is 15.2.